The van der Waals surface area contributed by atoms with Crippen molar-refractivity contribution < 1.29 is 24.2 Å². The van der Waals surface area contributed by atoms with Gasteiger partial charge in [0.25, 0.3) is 0 Å². The summed E-state index contributed by atoms with van der Waals surface area (Å²) in [5.74, 6) is -1.57. The highest BCUT2D eigenvalue weighted by atomic mass is 32.2. The van der Waals surface area contributed by atoms with E-state index in [4.69, 9.17) is 9.84 Å². The summed E-state index contributed by atoms with van der Waals surface area (Å²) in [6, 6.07) is 13.8. The topological polar surface area (TPSA) is 117 Å². The standard InChI is InChI=1S/C20H17N3O5S/c1-12-5-7-14(8-6-12)19(27)28-15-4-2-3-13(9-15)11-21-23-20-22-18(26)16(29-20)10-17(24)25/h2-9,11,16H,10H2,1H3,(H,24,25)(H,22,23,26)/b21-11-/t16-/m0/s1. The molecular weight excluding hydrogens is 394 g/mol. The molecule has 2 aromatic carbocycles. The molecule has 0 radical (unpaired) electrons. The van der Waals surface area contributed by atoms with E-state index in [0.29, 0.717) is 16.9 Å². The second kappa shape index (κ2) is 9.16. The number of carbonyl (C=O) groups is 3. The number of carboxylic acid groups (broad SMARTS) is 1. The van der Waals surface area contributed by atoms with E-state index in [-0.39, 0.29) is 11.6 Å². The summed E-state index contributed by atoms with van der Waals surface area (Å²) < 4.78 is 5.37. The molecule has 3 rings (SSSR count). The lowest BCUT2D eigenvalue weighted by Crippen LogP contribution is -2.26. The summed E-state index contributed by atoms with van der Waals surface area (Å²) in [6.07, 6.45) is 1.15. The first kappa shape index (κ1) is 20.3. The minimum Gasteiger partial charge on any atom is -0.481 e. The zero-order chi connectivity index (χ0) is 20.8. The van der Waals surface area contributed by atoms with Crippen LogP contribution in [0.25, 0.3) is 0 Å². The molecule has 2 aromatic rings. The van der Waals surface area contributed by atoms with Crippen molar-refractivity contribution in [3.63, 3.8) is 0 Å². The Hall–Kier alpha value is -3.46. The number of aliphatic carboxylic acids is 1. The SMILES string of the molecule is Cc1ccc(C(=O)Oc2cccc(/C=N\N=C3\NC(=O)[C@H](CC(=O)O)S3)c2)cc1. The Kier molecular flexibility index (Phi) is 6.40. The summed E-state index contributed by atoms with van der Waals surface area (Å²) in [5.41, 5.74) is 2.14. The Balaban J connectivity index is 1.62. The maximum Gasteiger partial charge on any atom is 0.343 e. The summed E-state index contributed by atoms with van der Waals surface area (Å²) in [5, 5.41) is 18.6. The molecule has 1 fully saturated rings. The van der Waals surface area contributed by atoms with Crippen LogP contribution in [0, 0.1) is 6.92 Å². The van der Waals surface area contributed by atoms with E-state index in [1.54, 1.807) is 36.4 Å². The maximum atomic E-state index is 12.2. The second-order valence-corrected chi connectivity index (χ2v) is 7.36. The molecule has 1 aliphatic rings. The number of carbonyl (C=O) groups excluding carboxylic acids is 2. The molecule has 29 heavy (non-hydrogen) atoms. The van der Waals surface area contributed by atoms with Crippen LogP contribution in [0.1, 0.15) is 27.9 Å². The Labute approximate surface area is 170 Å². The average molecular weight is 411 g/mol. The maximum absolute atomic E-state index is 12.2. The van der Waals surface area contributed by atoms with E-state index in [2.05, 4.69) is 15.5 Å². The monoisotopic (exact) mass is 411 g/mol. The highest BCUT2D eigenvalue weighted by Crippen LogP contribution is 2.22. The normalized spacial score (nSPS) is 17.5. The van der Waals surface area contributed by atoms with Gasteiger partial charge in [-0.25, -0.2) is 4.79 Å². The zero-order valence-corrected chi connectivity index (χ0v) is 16.2. The smallest absolute Gasteiger partial charge is 0.343 e. The van der Waals surface area contributed by atoms with Crippen molar-refractivity contribution in [3.8, 4) is 5.75 Å². The van der Waals surface area contributed by atoms with Gasteiger partial charge in [0.05, 0.1) is 18.2 Å². The second-order valence-electron chi connectivity index (χ2n) is 6.17. The quantitative estimate of drug-likeness (QED) is 0.327. The number of ether oxygens (including phenoxy) is 1. The van der Waals surface area contributed by atoms with Crippen LogP contribution in [0.4, 0.5) is 0 Å². The summed E-state index contributed by atoms with van der Waals surface area (Å²) in [6.45, 7) is 1.93. The van der Waals surface area contributed by atoms with Gasteiger partial charge in [-0.3, -0.25) is 9.59 Å². The largest absolute Gasteiger partial charge is 0.481 e. The number of esters is 1. The molecule has 1 saturated heterocycles. The molecule has 0 spiro atoms. The van der Waals surface area contributed by atoms with Crippen molar-refractivity contribution in [1.82, 2.24) is 5.32 Å². The van der Waals surface area contributed by atoms with E-state index >= 15 is 0 Å². The number of hydrogen-bond acceptors (Lipinski definition) is 7. The Morgan fingerprint density at radius 3 is 2.72 bits per heavy atom. The third-order valence-electron chi connectivity index (χ3n) is 3.85. The van der Waals surface area contributed by atoms with Gasteiger partial charge in [0, 0.05) is 0 Å². The van der Waals surface area contributed by atoms with E-state index < -0.39 is 23.1 Å². The lowest BCUT2D eigenvalue weighted by molar-refractivity contribution is -0.138. The molecule has 1 aliphatic heterocycles. The molecule has 148 valence electrons. The van der Waals surface area contributed by atoms with Gasteiger partial charge in [0.15, 0.2) is 5.17 Å². The number of nitrogens with one attached hydrogen (secondary N) is 1. The van der Waals surface area contributed by atoms with Gasteiger partial charge in [-0.05, 0) is 36.8 Å². The van der Waals surface area contributed by atoms with Crippen molar-refractivity contribution in [2.45, 2.75) is 18.6 Å². The van der Waals surface area contributed by atoms with Crippen molar-refractivity contribution in [2.75, 3.05) is 0 Å². The first-order valence-corrected chi connectivity index (χ1v) is 9.48. The lowest BCUT2D eigenvalue weighted by Gasteiger charge is -2.05. The fourth-order valence-electron chi connectivity index (χ4n) is 2.41. The molecule has 0 saturated carbocycles. The molecule has 1 atom stereocenters. The number of rotatable bonds is 6. The Morgan fingerprint density at radius 1 is 1.24 bits per heavy atom. The van der Waals surface area contributed by atoms with Crippen LogP contribution >= 0.6 is 11.8 Å². The fourth-order valence-corrected chi connectivity index (χ4v) is 3.32. The van der Waals surface area contributed by atoms with Crippen LogP contribution in [0.3, 0.4) is 0 Å². The van der Waals surface area contributed by atoms with Gasteiger partial charge in [0.1, 0.15) is 11.0 Å². The number of hydrogen-bond donors (Lipinski definition) is 2. The minimum absolute atomic E-state index is 0.236. The van der Waals surface area contributed by atoms with Gasteiger partial charge in [0.2, 0.25) is 5.91 Å². The molecule has 9 heteroatoms. The van der Waals surface area contributed by atoms with Gasteiger partial charge >= 0.3 is 11.9 Å². The average Bonchev–Trinajstić information content (AvgIpc) is 3.01. The Bertz CT molecular complexity index is 1000. The van der Waals surface area contributed by atoms with Crippen LogP contribution in [0.15, 0.2) is 58.7 Å². The molecule has 0 aromatic heterocycles. The molecular formula is C20H17N3O5S. The number of amidine groups is 1. The van der Waals surface area contributed by atoms with E-state index in [0.717, 1.165) is 17.3 Å². The number of amides is 1. The number of thioether (sulfide) groups is 1. The molecule has 1 heterocycles. The van der Waals surface area contributed by atoms with E-state index in [1.165, 1.54) is 6.21 Å². The van der Waals surface area contributed by atoms with Gasteiger partial charge in [-0.15, -0.1) is 5.10 Å². The Morgan fingerprint density at radius 2 is 2.00 bits per heavy atom. The molecule has 0 aliphatic carbocycles. The van der Waals surface area contributed by atoms with Crippen molar-refractivity contribution >= 4 is 41.0 Å². The molecule has 0 bridgehead atoms. The van der Waals surface area contributed by atoms with Gasteiger partial charge < -0.3 is 15.2 Å². The van der Waals surface area contributed by atoms with E-state index in [1.807, 2.05) is 19.1 Å². The van der Waals surface area contributed by atoms with Crippen molar-refractivity contribution in [1.29, 1.82) is 0 Å². The number of nitrogens with zero attached hydrogens (tertiary/aromatic N) is 2. The molecule has 1 amide bonds. The summed E-state index contributed by atoms with van der Waals surface area (Å²) in [4.78, 5) is 34.6. The predicted octanol–water partition coefficient (Wildman–Crippen LogP) is 2.61. The fraction of sp³-hybridized carbons (Fsp3) is 0.150. The van der Waals surface area contributed by atoms with Crippen molar-refractivity contribution in [3.05, 3.63) is 65.2 Å². The lowest BCUT2D eigenvalue weighted by atomic mass is 10.1. The van der Waals surface area contributed by atoms with Crippen LogP contribution in [0.5, 0.6) is 5.75 Å². The minimum atomic E-state index is -1.06. The predicted molar refractivity (Wildman–Crippen MR) is 109 cm³/mol. The van der Waals surface area contributed by atoms with Crippen LogP contribution in [-0.4, -0.2) is 39.6 Å². The summed E-state index contributed by atoms with van der Waals surface area (Å²) in [7, 11) is 0. The zero-order valence-electron chi connectivity index (χ0n) is 15.4. The third-order valence-corrected chi connectivity index (χ3v) is 4.92. The van der Waals surface area contributed by atoms with E-state index in [9.17, 15) is 14.4 Å². The first-order valence-electron chi connectivity index (χ1n) is 8.60. The highest BCUT2D eigenvalue weighted by Gasteiger charge is 2.32. The third kappa shape index (κ3) is 5.76. The molecule has 2 N–H and O–H groups in total. The van der Waals surface area contributed by atoms with Crippen LogP contribution in [-0.2, 0) is 9.59 Å². The van der Waals surface area contributed by atoms with Gasteiger partial charge in [-0.2, -0.15) is 5.10 Å². The highest BCUT2D eigenvalue weighted by molar-refractivity contribution is 8.15. The molecule has 8 nitrogen and oxygen atoms in total. The van der Waals surface area contributed by atoms with Crippen LogP contribution in [0.2, 0.25) is 0 Å². The number of aryl methyl sites for hydroxylation is 1. The first-order chi connectivity index (χ1) is 13.9. The van der Waals surface area contributed by atoms with Gasteiger partial charge in [-0.1, -0.05) is 41.6 Å². The van der Waals surface area contributed by atoms with Crippen LogP contribution < -0.4 is 10.1 Å². The number of benzene rings is 2. The summed E-state index contributed by atoms with van der Waals surface area (Å²) >= 11 is 1.02. The van der Waals surface area contributed by atoms with Crippen molar-refractivity contribution in [2.24, 2.45) is 10.2 Å². The number of carboxylic acids is 1. The molecule has 0 unspecified atom stereocenters.